The fraction of sp³-hybridized carbons (Fsp3) is 0.750. The summed E-state index contributed by atoms with van der Waals surface area (Å²) in [6.07, 6.45) is 0. The van der Waals surface area contributed by atoms with Crippen molar-refractivity contribution in [2.75, 3.05) is 31.9 Å². The summed E-state index contributed by atoms with van der Waals surface area (Å²) < 4.78 is 0. The molecule has 2 amide bonds. The molecule has 78 valence electrons. The van der Waals surface area contributed by atoms with E-state index >= 15 is 0 Å². The van der Waals surface area contributed by atoms with Crippen LogP contribution in [0, 0.1) is 0 Å². The first-order valence-electron chi connectivity index (χ1n) is 4.67. The van der Waals surface area contributed by atoms with E-state index in [1.807, 2.05) is 0 Å². The van der Waals surface area contributed by atoms with E-state index in [9.17, 15) is 9.59 Å². The number of rotatable bonds is 3. The summed E-state index contributed by atoms with van der Waals surface area (Å²) in [7, 11) is 0. The predicted molar refractivity (Wildman–Crippen MR) is 54.2 cm³/mol. The number of carbonyl (C=O) groups excluding carboxylic acids is 2. The highest BCUT2D eigenvalue weighted by atomic mass is 32.2. The molecule has 14 heavy (non-hydrogen) atoms. The van der Waals surface area contributed by atoms with Crippen LogP contribution in [-0.4, -0.2) is 54.0 Å². The fourth-order valence-electron chi connectivity index (χ4n) is 1.41. The summed E-state index contributed by atoms with van der Waals surface area (Å²) in [5.41, 5.74) is 0. The predicted octanol–water partition coefficient (Wildman–Crippen LogP) is -0.757. The molecule has 2 heterocycles. The zero-order valence-electron chi connectivity index (χ0n) is 7.78. The summed E-state index contributed by atoms with van der Waals surface area (Å²) >= 11 is 1.28. The lowest BCUT2D eigenvalue weighted by Crippen LogP contribution is -2.58. The lowest BCUT2D eigenvalue weighted by molar-refractivity contribution is -0.122. The molecule has 2 aliphatic heterocycles. The zero-order chi connectivity index (χ0) is 9.97. The summed E-state index contributed by atoms with van der Waals surface area (Å²) in [5.74, 6) is 0.754. The molecule has 0 aromatic rings. The van der Waals surface area contributed by atoms with Gasteiger partial charge in [0.2, 0.25) is 5.91 Å². The second-order valence-corrected chi connectivity index (χ2v) is 4.50. The monoisotopic (exact) mass is 215 g/mol. The maximum absolute atomic E-state index is 11.4. The highest BCUT2D eigenvalue weighted by Gasteiger charge is 2.25. The van der Waals surface area contributed by atoms with Crippen LogP contribution in [0.1, 0.15) is 0 Å². The third-order valence-corrected chi connectivity index (χ3v) is 3.22. The standard InChI is InChI=1S/C8H13N3O2S/c12-7(10-6-3-9-4-6)5-11-1-2-14-8(11)13/h6,9H,1-5H2,(H,10,12). The SMILES string of the molecule is O=C(CN1CCSC1=O)NC1CNC1. The minimum absolute atomic E-state index is 0.0203. The largest absolute Gasteiger partial charge is 0.349 e. The van der Waals surface area contributed by atoms with Crippen LogP contribution in [0.3, 0.4) is 0 Å². The first-order chi connectivity index (χ1) is 6.75. The van der Waals surface area contributed by atoms with Gasteiger partial charge in [-0.3, -0.25) is 9.59 Å². The van der Waals surface area contributed by atoms with Gasteiger partial charge in [-0.2, -0.15) is 0 Å². The average Bonchev–Trinajstić information content (AvgIpc) is 2.45. The highest BCUT2D eigenvalue weighted by molar-refractivity contribution is 8.13. The average molecular weight is 215 g/mol. The Balaban J connectivity index is 1.73. The summed E-state index contributed by atoms with van der Waals surface area (Å²) in [6, 6.07) is 0.257. The van der Waals surface area contributed by atoms with E-state index in [1.165, 1.54) is 11.8 Å². The van der Waals surface area contributed by atoms with Crippen LogP contribution in [0.2, 0.25) is 0 Å². The van der Waals surface area contributed by atoms with Crippen molar-refractivity contribution >= 4 is 22.9 Å². The van der Waals surface area contributed by atoms with Crippen molar-refractivity contribution < 1.29 is 9.59 Å². The third-order valence-electron chi connectivity index (χ3n) is 2.33. The molecule has 6 heteroatoms. The summed E-state index contributed by atoms with van der Waals surface area (Å²) in [6.45, 7) is 2.59. The molecule has 5 nitrogen and oxygen atoms in total. The first kappa shape index (κ1) is 9.79. The number of hydrogen-bond acceptors (Lipinski definition) is 4. The van der Waals surface area contributed by atoms with E-state index < -0.39 is 0 Å². The van der Waals surface area contributed by atoms with Gasteiger partial charge in [-0.25, -0.2) is 0 Å². The lowest BCUT2D eigenvalue weighted by Gasteiger charge is -2.28. The number of thioether (sulfide) groups is 1. The van der Waals surface area contributed by atoms with Crippen molar-refractivity contribution in [1.82, 2.24) is 15.5 Å². The topological polar surface area (TPSA) is 61.4 Å². The fourth-order valence-corrected chi connectivity index (χ4v) is 2.23. The number of nitrogens with one attached hydrogen (secondary N) is 2. The zero-order valence-corrected chi connectivity index (χ0v) is 8.60. The molecular formula is C8H13N3O2S. The van der Waals surface area contributed by atoms with E-state index in [2.05, 4.69) is 10.6 Å². The van der Waals surface area contributed by atoms with Crippen LogP contribution < -0.4 is 10.6 Å². The molecule has 0 radical (unpaired) electrons. The molecular weight excluding hydrogens is 202 g/mol. The van der Waals surface area contributed by atoms with E-state index in [0.29, 0.717) is 6.54 Å². The summed E-state index contributed by atoms with van der Waals surface area (Å²) in [5, 5.41) is 5.95. The number of hydrogen-bond donors (Lipinski definition) is 2. The van der Waals surface area contributed by atoms with Gasteiger partial charge in [0.05, 0.1) is 6.04 Å². The van der Waals surface area contributed by atoms with Crippen molar-refractivity contribution in [2.24, 2.45) is 0 Å². The molecule has 0 aliphatic carbocycles. The van der Waals surface area contributed by atoms with Crippen LogP contribution in [0.15, 0.2) is 0 Å². The van der Waals surface area contributed by atoms with Gasteiger partial charge < -0.3 is 15.5 Å². The van der Waals surface area contributed by atoms with Crippen LogP contribution in [0.25, 0.3) is 0 Å². The summed E-state index contributed by atoms with van der Waals surface area (Å²) in [4.78, 5) is 24.2. The maximum atomic E-state index is 11.4. The van der Waals surface area contributed by atoms with Crippen LogP contribution in [0.5, 0.6) is 0 Å². The van der Waals surface area contributed by atoms with Gasteiger partial charge in [0, 0.05) is 25.4 Å². The molecule has 2 saturated heterocycles. The van der Waals surface area contributed by atoms with Gasteiger partial charge in [-0.15, -0.1) is 0 Å². The Labute approximate surface area is 86.6 Å². The van der Waals surface area contributed by atoms with Crippen molar-refractivity contribution in [1.29, 1.82) is 0 Å². The van der Waals surface area contributed by atoms with Crippen molar-refractivity contribution in [3.8, 4) is 0 Å². The molecule has 0 bridgehead atoms. The maximum Gasteiger partial charge on any atom is 0.282 e. The molecule has 0 spiro atoms. The number of amides is 2. The van der Waals surface area contributed by atoms with Crippen molar-refractivity contribution in [3.05, 3.63) is 0 Å². The normalized spacial score (nSPS) is 22.3. The second kappa shape index (κ2) is 4.18. The van der Waals surface area contributed by atoms with Crippen LogP contribution >= 0.6 is 11.8 Å². The minimum atomic E-state index is -0.0487. The lowest BCUT2D eigenvalue weighted by atomic mass is 10.2. The Kier molecular flexibility index (Phi) is 2.93. The molecule has 2 aliphatic rings. The molecule has 2 N–H and O–H groups in total. The molecule has 2 fully saturated rings. The third kappa shape index (κ3) is 2.19. The molecule has 0 aromatic carbocycles. The Morgan fingerprint density at radius 2 is 2.43 bits per heavy atom. The number of carbonyl (C=O) groups is 2. The molecule has 0 saturated carbocycles. The second-order valence-electron chi connectivity index (χ2n) is 3.46. The van der Waals surface area contributed by atoms with Crippen molar-refractivity contribution in [2.45, 2.75) is 6.04 Å². The van der Waals surface area contributed by atoms with Gasteiger partial charge in [0.15, 0.2) is 0 Å². The van der Waals surface area contributed by atoms with Crippen LogP contribution in [-0.2, 0) is 4.79 Å². The Hall–Kier alpha value is -0.750. The Morgan fingerprint density at radius 1 is 1.64 bits per heavy atom. The van der Waals surface area contributed by atoms with E-state index in [4.69, 9.17) is 0 Å². The van der Waals surface area contributed by atoms with Gasteiger partial charge in [0.1, 0.15) is 6.54 Å². The van der Waals surface area contributed by atoms with Gasteiger partial charge in [-0.1, -0.05) is 11.8 Å². The quantitative estimate of drug-likeness (QED) is 0.650. The van der Waals surface area contributed by atoms with E-state index in [0.717, 1.165) is 18.8 Å². The smallest absolute Gasteiger partial charge is 0.282 e. The van der Waals surface area contributed by atoms with Gasteiger partial charge in [0.25, 0.3) is 5.24 Å². The first-order valence-corrected chi connectivity index (χ1v) is 5.66. The highest BCUT2D eigenvalue weighted by Crippen LogP contribution is 2.16. The molecule has 0 atom stereocenters. The minimum Gasteiger partial charge on any atom is -0.349 e. The Morgan fingerprint density at radius 3 is 2.93 bits per heavy atom. The molecule has 2 rings (SSSR count). The van der Waals surface area contributed by atoms with Crippen molar-refractivity contribution in [3.63, 3.8) is 0 Å². The Bertz CT molecular complexity index is 255. The molecule has 0 unspecified atom stereocenters. The van der Waals surface area contributed by atoms with Crippen LogP contribution in [0.4, 0.5) is 4.79 Å². The molecule has 0 aromatic heterocycles. The van der Waals surface area contributed by atoms with E-state index in [1.54, 1.807) is 4.90 Å². The van der Waals surface area contributed by atoms with E-state index in [-0.39, 0.29) is 23.7 Å². The van der Waals surface area contributed by atoms with Gasteiger partial charge >= 0.3 is 0 Å². The number of nitrogens with zero attached hydrogens (tertiary/aromatic N) is 1. The van der Waals surface area contributed by atoms with Gasteiger partial charge in [-0.05, 0) is 0 Å².